The zero-order valence-electron chi connectivity index (χ0n) is 24.2. The normalized spacial score (nSPS) is 12.2. The minimum Gasteiger partial charge on any atom is -0.134 e. The summed E-state index contributed by atoms with van der Waals surface area (Å²) < 4.78 is 2.76. The predicted octanol–water partition coefficient (Wildman–Crippen LogP) is 12.9. The summed E-state index contributed by atoms with van der Waals surface area (Å²) in [6, 6.07) is 52.2. The molecule has 0 nitrogen and oxygen atoms in total. The van der Waals surface area contributed by atoms with E-state index in [0.29, 0.717) is 0 Å². The van der Waals surface area contributed by atoms with Crippen molar-refractivity contribution in [3.05, 3.63) is 145 Å². The summed E-state index contributed by atoms with van der Waals surface area (Å²) in [4.78, 5) is 0. The van der Waals surface area contributed by atoms with Crippen molar-refractivity contribution in [1.82, 2.24) is 0 Å². The van der Waals surface area contributed by atoms with Crippen LogP contribution in [0.1, 0.15) is 5.56 Å². The first-order valence-corrected chi connectivity index (χ1v) is 16.1. The van der Waals surface area contributed by atoms with Gasteiger partial charge in [0.05, 0.1) is 0 Å². The molecule has 0 spiro atoms. The Morgan fingerprint density at radius 3 is 1.86 bits per heavy atom. The molecule has 204 valence electrons. The number of thiophene rings is 1. The van der Waals surface area contributed by atoms with Gasteiger partial charge in [0.25, 0.3) is 0 Å². The van der Waals surface area contributed by atoms with Gasteiger partial charge in [-0.1, -0.05) is 109 Å². The van der Waals surface area contributed by atoms with Crippen LogP contribution < -0.4 is 0 Å². The molecular formula is C43H26S. The molecule has 0 atom stereocenters. The molecule has 0 aliphatic carbocycles. The Kier molecular flexibility index (Phi) is 4.90. The first-order chi connectivity index (χ1) is 21.7. The van der Waals surface area contributed by atoms with Gasteiger partial charge in [0.2, 0.25) is 0 Å². The fourth-order valence-corrected chi connectivity index (χ4v) is 8.89. The summed E-state index contributed by atoms with van der Waals surface area (Å²) in [5, 5.41) is 15.9. The van der Waals surface area contributed by atoms with Crippen LogP contribution in [0.25, 0.3) is 96.3 Å². The molecule has 0 saturated heterocycles. The van der Waals surface area contributed by atoms with Crippen LogP contribution in [0.5, 0.6) is 0 Å². The van der Waals surface area contributed by atoms with Crippen molar-refractivity contribution in [2.45, 2.75) is 6.92 Å². The Hall–Kier alpha value is -5.24. The Labute approximate surface area is 258 Å². The van der Waals surface area contributed by atoms with E-state index in [4.69, 9.17) is 0 Å². The van der Waals surface area contributed by atoms with Crippen LogP contribution in [-0.2, 0) is 0 Å². The van der Waals surface area contributed by atoms with Gasteiger partial charge < -0.3 is 0 Å². The molecule has 0 radical (unpaired) electrons. The third-order valence-electron chi connectivity index (χ3n) is 9.71. The van der Waals surface area contributed by atoms with E-state index in [1.54, 1.807) is 0 Å². The lowest BCUT2D eigenvalue weighted by atomic mass is 9.90. The first kappa shape index (κ1) is 24.2. The highest BCUT2D eigenvalue weighted by Gasteiger charge is 2.17. The summed E-state index contributed by atoms with van der Waals surface area (Å²) in [7, 11) is 0. The lowest BCUT2D eigenvalue weighted by molar-refractivity contribution is 1.55. The topological polar surface area (TPSA) is 0 Å². The second-order valence-corrected chi connectivity index (χ2v) is 13.2. The van der Waals surface area contributed by atoms with Crippen LogP contribution in [-0.4, -0.2) is 0 Å². The van der Waals surface area contributed by atoms with E-state index < -0.39 is 0 Å². The van der Waals surface area contributed by atoms with Crippen molar-refractivity contribution >= 4 is 85.4 Å². The van der Waals surface area contributed by atoms with E-state index >= 15 is 0 Å². The van der Waals surface area contributed by atoms with Crippen LogP contribution in [0.4, 0.5) is 0 Å². The molecule has 1 heterocycles. The summed E-state index contributed by atoms with van der Waals surface area (Å²) in [5.41, 5.74) is 6.49. The molecule has 0 N–H and O–H groups in total. The largest absolute Gasteiger partial charge is 0.134 e. The van der Waals surface area contributed by atoms with Crippen molar-refractivity contribution in [3.8, 4) is 22.3 Å². The molecule has 0 amide bonds. The smallest absolute Gasteiger partial charge is 0.0440 e. The number of hydrogen-bond acceptors (Lipinski definition) is 1. The van der Waals surface area contributed by atoms with Crippen LogP contribution in [0.15, 0.2) is 140 Å². The van der Waals surface area contributed by atoms with Gasteiger partial charge in [-0.25, -0.2) is 0 Å². The van der Waals surface area contributed by atoms with Crippen molar-refractivity contribution in [2.75, 3.05) is 0 Å². The van der Waals surface area contributed by atoms with Crippen molar-refractivity contribution < 1.29 is 0 Å². The van der Waals surface area contributed by atoms with E-state index in [-0.39, 0.29) is 0 Å². The lowest BCUT2D eigenvalue weighted by Gasteiger charge is -2.14. The molecule has 10 rings (SSSR count). The third kappa shape index (κ3) is 3.33. The van der Waals surface area contributed by atoms with E-state index in [2.05, 4.69) is 146 Å². The quantitative estimate of drug-likeness (QED) is 0.180. The molecule has 0 saturated carbocycles. The van der Waals surface area contributed by atoms with Gasteiger partial charge in [-0.2, -0.15) is 0 Å². The number of benzene rings is 9. The SMILES string of the molecule is Cc1cc(-c2ccc3cc(-c4cc5c6ccccc6ccc5c5ccccc45)ccc3c2)c2sc3cccc4ccc1c2c43. The minimum absolute atomic E-state index is 1.25. The Balaban J connectivity index is 1.17. The molecule has 1 aromatic heterocycles. The number of fused-ring (bicyclic) bond motifs is 6. The van der Waals surface area contributed by atoms with Gasteiger partial charge in [0.1, 0.15) is 0 Å². The molecule has 9 aromatic carbocycles. The molecule has 0 fully saturated rings. The molecule has 0 bridgehead atoms. The number of aryl methyl sites for hydroxylation is 1. The van der Waals surface area contributed by atoms with Gasteiger partial charge in [0.15, 0.2) is 0 Å². The maximum absolute atomic E-state index is 2.41. The van der Waals surface area contributed by atoms with Crippen LogP contribution in [0.3, 0.4) is 0 Å². The zero-order valence-corrected chi connectivity index (χ0v) is 25.0. The first-order valence-electron chi connectivity index (χ1n) is 15.3. The molecule has 0 aliphatic rings. The molecule has 1 heteroatoms. The zero-order chi connectivity index (χ0) is 28.9. The van der Waals surface area contributed by atoms with Gasteiger partial charge >= 0.3 is 0 Å². The standard InChI is InChI=1S/C43H26S/c1-25-21-38(43-42-32(25)19-18-27-8-6-12-40(44-43)41(27)42)31-16-14-28-22-30(15-13-29(28)23-31)37-24-39-33-9-3-2-7-26(33)17-20-36(39)34-10-4-5-11-35(34)37/h2-24H,1H3. The van der Waals surface area contributed by atoms with Gasteiger partial charge in [-0.3, -0.25) is 0 Å². The van der Waals surface area contributed by atoms with E-state index in [1.807, 2.05) is 11.3 Å². The van der Waals surface area contributed by atoms with Crippen molar-refractivity contribution in [1.29, 1.82) is 0 Å². The van der Waals surface area contributed by atoms with Gasteiger partial charge in [0, 0.05) is 20.2 Å². The van der Waals surface area contributed by atoms with E-state index in [9.17, 15) is 0 Å². The van der Waals surface area contributed by atoms with Crippen molar-refractivity contribution in [2.24, 2.45) is 0 Å². The third-order valence-corrected chi connectivity index (χ3v) is 10.9. The monoisotopic (exact) mass is 574 g/mol. The summed E-state index contributed by atoms with van der Waals surface area (Å²) in [5.74, 6) is 0. The Bertz CT molecular complexity index is 2780. The summed E-state index contributed by atoms with van der Waals surface area (Å²) >= 11 is 1.93. The minimum atomic E-state index is 1.25. The summed E-state index contributed by atoms with van der Waals surface area (Å²) in [6.45, 7) is 2.25. The lowest BCUT2D eigenvalue weighted by Crippen LogP contribution is -1.87. The fraction of sp³-hybridized carbons (Fsp3) is 0.0233. The molecule has 0 unspecified atom stereocenters. The van der Waals surface area contributed by atoms with Crippen LogP contribution in [0.2, 0.25) is 0 Å². The maximum Gasteiger partial charge on any atom is 0.0440 e. The van der Waals surface area contributed by atoms with Gasteiger partial charge in [-0.15, -0.1) is 11.3 Å². The Morgan fingerprint density at radius 2 is 1.02 bits per heavy atom. The predicted molar refractivity (Wildman–Crippen MR) is 194 cm³/mol. The number of rotatable bonds is 2. The second kappa shape index (κ2) is 8.89. The van der Waals surface area contributed by atoms with Gasteiger partial charge in [-0.05, 0) is 119 Å². The summed E-state index contributed by atoms with van der Waals surface area (Å²) in [6.07, 6.45) is 0. The Morgan fingerprint density at radius 1 is 0.386 bits per heavy atom. The highest BCUT2D eigenvalue weighted by Crippen LogP contribution is 2.46. The number of hydrogen-bond donors (Lipinski definition) is 0. The van der Waals surface area contributed by atoms with Crippen molar-refractivity contribution in [3.63, 3.8) is 0 Å². The maximum atomic E-state index is 2.41. The molecular weight excluding hydrogens is 549 g/mol. The molecule has 44 heavy (non-hydrogen) atoms. The van der Waals surface area contributed by atoms with E-state index in [0.717, 1.165) is 0 Å². The van der Waals surface area contributed by atoms with E-state index in [1.165, 1.54) is 102 Å². The fourth-order valence-electron chi connectivity index (χ4n) is 7.60. The highest BCUT2D eigenvalue weighted by atomic mass is 32.1. The highest BCUT2D eigenvalue weighted by molar-refractivity contribution is 7.26. The van der Waals surface area contributed by atoms with Crippen LogP contribution in [0, 0.1) is 6.92 Å². The average molecular weight is 575 g/mol. The molecule has 10 aromatic rings. The second-order valence-electron chi connectivity index (χ2n) is 12.1. The van der Waals surface area contributed by atoms with Crippen LogP contribution >= 0.6 is 11.3 Å². The average Bonchev–Trinajstić information content (AvgIpc) is 3.47. The molecule has 0 aliphatic heterocycles.